The third-order valence-corrected chi connectivity index (χ3v) is 2.62. The summed E-state index contributed by atoms with van der Waals surface area (Å²) in [4.78, 5) is 8.10. The number of rotatable bonds is 6. The van der Waals surface area contributed by atoms with Crippen molar-refractivity contribution in [1.29, 1.82) is 0 Å². The molecule has 0 aliphatic rings. The highest BCUT2D eigenvalue weighted by Gasteiger charge is 2.42. The van der Waals surface area contributed by atoms with Crippen LogP contribution in [0.3, 0.4) is 0 Å². The Morgan fingerprint density at radius 1 is 1.24 bits per heavy atom. The summed E-state index contributed by atoms with van der Waals surface area (Å²) < 4.78 is 55.0. The summed E-state index contributed by atoms with van der Waals surface area (Å²) >= 11 is 0. The molecule has 0 amide bonds. The van der Waals surface area contributed by atoms with Gasteiger partial charge < -0.3 is 10.1 Å². The van der Waals surface area contributed by atoms with Crippen molar-refractivity contribution in [3.8, 4) is 5.88 Å². The molecule has 4 nitrogen and oxygen atoms in total. The quantitative estimate of drug-likeness (QED) is 0.831. The number of fused-ring (bicyclic) bond motifs is 1. The molecule has 114 valence electrons. The smallest absolute Gasteiger partial charge is 0.340 e. The Kier molecular flexibility index (Phi) is 4.44. The van der Waals surface area contributed by atoms with Gasteiger partial charge in [-0.05, 0) is 19.1 Å². The van der Waals surface area contributed by atoms with Gasteiger partial charge in [-0.3, -0.25) is 0 Å². The zero-order chi connectivity index (χ0) is 15.5. The number of anilines is 1. The molecule has 0 fully saturated rings. The third kappa shape index (κ3) is 3.50. The lowest BCUT2D eigenvalue weighted by Crippen LogP contribution is -2.34. The number of hydrogen-bond donors (Lipinski definition) is 1. The Morgan fingerprint density at radius 2 is 1.95 bits per heavy atom. The summed E-state index contributed by atoms with van der Waals surface area (Å²) in [6, 6.07) is 6.58. The van der Waals surface area contributed by atoms with Crippen LogP contribution in [0.1, 0.15) is 6.92 Å². The van der Waals surface area contributed by atoms with Gasteiger partial charge in [0, 0.05) is 6.54 Å². The van der Waals surface area contributed by atoms with Gasteiger partial charge in [-0.25, -0.2) is 13.8 Å². The molecule has 1 heterocycles. The second kappa shape index (κ2) is 6.11. The topological polar surface area (TPSA) is 47.0 Å². The fraction of sp³-hybridized carbons (Fsp3) is 0.385. The van der Waals surface area contributed by atoms with E-state index in [1.54, 1.807) is 24.3 Å². The predicted octanol–water partition coefficient (Wildman–Crippen LogP) is 3.34. The largest absolute Gasteiger partial charge is 0.470 e. The molecule has 0 radical (unpaired) electrons. The van der Waals surface area contributed by atoms with Crippen LogP contribution in [0.15, 0.2) is 24.3 Å². The molecule has 21 heavy (non-hydrogen) atoms. The van der Waals surface area contributed by atoms with E-state index in [1.807, 2.05) is 6.92 Å². The van der Waals surface area contributed by atoms with Crippen LogP contribution in [-0.2, 0) is 0 Å². The van der Waals surface area contributed by atoms with Crippen molar-refractivity contribution < 1.29 is 22.3 Å². The lowest BCUT2D eigenvalue weighted by atomic mass is 10.2. The van der Waals surface area contributed by atoms with E-state index >= 15 is 0 Å². The van der Waals surface area contributed by atoms with Crippen molar-refractivity contribution in [3.05, 3.63) is 24.3 Å². The highest BCUT2D eigenvalue weighted by molar-refractivity contribution is 5.84. The first kappa shape index (κ1) is 15.3. The predicted molar refractivity (Wildman–Crippen MR) is 70.1 cm³/mol. The van der Waals surface area contributed by atoms with Gasteiger partial charge in [0.05, 0.1) is 10.9 Å². The summed E-state index contributed by atoms with van der Waals surface area (Å²) in [5.74, 6) is -4.20. The molecule has 0 saturated heterocycles. The van der Waals surface area contributed by atoms with Gasteiger partial charge in [0.25, 0.3) is 0 Å². The van der Waals surface area contributed by atoms with Crippen LogP contribution < -0.4 is 10.1 Å². The average molecular weight is 303 g/mol. The van der Waals surface area contributed by atoms with Crippen molar-refractivity contribution >= 4 is 16.9 Å². The minimum atomic E-state index is -4.23. The van der Waals surface area contributed by atoms with E-state index in [9.17, 15) is 17.6 Å². The maximum Gasteiger partial charge on any atom is 0.340 e. The molecule has 1 aromatic heterocycles. The molecule has 0 aliphatic heterocycles. The van der Waals surface area contributed by atoms with Gasteiger partial charge in [-0.1, -0.05) is 12.1 Å². The van der Waals surface area contributed by atoms with Crippen LogP contribution >= 0.6 is 0 Å². The van der Waals surface area contributed by atoms with E-state index in [-0.39, 0.29) is 11.8 Å². The zero-order valence-corrected chi connectivity index (χ0v) is 11.1. The van der Waals surface area contributed by atoms with E-state index in [1.165, 1.54) is 0 Å². The normalized spacial score (nSPS) is 11.9. The van der Waals surface area contributed by atoms with Gasteiger partial charge in [-0.2, -0.15) is 13.8 Å². The molecule has 2 rings (SSSR count). The molecule has 1 N–H and O–H groups in total. The van der Waals surface area contributed by atoms with Crippen LogP contribution in [0.5, 0.6) is 5.88 Å². The molecule has 8 heteroatoms. The number of nitrogens with one attached hydrogen (secondary N) is 1. The fourth-order valence-corrected chi connectivity index (χ4v) is 1.62. The number of ether oxygens (including phenoxy) is 1. The van der Waals surface area contributed by atoms with E-state index < -0.39 is 19.0 Å². The monoisotopic (exact) mass is 303 g/mol. The molecule has 0 atom stereocenters. The third-order valence-electron chi connectivity index (χ3n) is 2.62. The molecule has 0 aliphatic carbocycles. The van der Waals surface area contributed by atoms with Crippen LogP contribution in [0.25, 0.3) is 10.9 Å². The lowest BCUT2D eigenvalue weighted by molar-refractivity contribution is -0.148. The van der Waals surface area contributed by atoms with Crippen molar-refractivity contribution in [2.24, 2.45) is 0 Å². The number of para-hydroxylation sites is 1. The summed E-state index contributed by atoms with van der Waals surface area (Å²) in [5.41, 5.74) is 0.471. The van der Waals surface area contributed by atoms with Gasteiger partial charge in [-0.15, -0.1) is 0 Å². The summed E-state index contributed by atoms with van der Waals surface area (Å²) in [6.07, 6.45) is -3.79. The number of aromatic nitrogens is 2. The first-order valence-corrected chi connectivity index (χ1v) is 6.23. The van der Waals surface area contributed by atoms with Crippen molar-refractivity contribution in [2.45, 2.75) is 19.3 Å². The number of halogens is 4. The van der Waals surface area contributed by atoms with Crippen LogP contribution in [-0.4, -0.2) is 35.5 Å². The SMILES string of the molecule is CCNc1nc(OCC(F)(F)C(F)F)c2ccccc2n1. The number of hydrogen-bond acceptors (Lipinski definition) is 4. The summed E-state index contributed by atoms with van der Waals surface area (Å²) in [5, 5.41) is 3.20. The molecule has 0 saturated carbocycles. The molecule has 2 aromatic rings. The Bertz CT molecular complexity index is 621. The van der Waals surface area contributed by atoms with Gasteiger partial charge >= 0.3 is 12.3 Å². The highest BCUT2D eigenvalue weighted by Crippen LogP contribution is 2.28. The molecule has 0 spiro atoms. The Labute approximate surface area is 118 Å². The first-order valence-electron chi connectivity index (χ1n) is 6.23. The second-order valence-corrected chi connectivity index (χ2v) is 4.25. The molecule has 0 bridgehead atoms. The maximum absolute atomic E-state index is 12.9. The van der Waals surface area contributed by atoms with E-state index in [0.29, 0.717) is 17.4 Å². The van der Waals surface area contributed by atoms with Crippen LogP contribution in [0.2, 0.25) is 0 Å². The fourth-order valence-electron chi connectivity index (χ4n) is 1.62. The van der Waals surface area contributed by atoms with Crippen molar-refractivity contribution in [3.63, 3.8) is 0 Å². The first-order chi connectivity index (χ1) is 9.94. The van der Waals surface area contributed by atoms with Crippen molar-refractivity contribution in [2.75, 3.05) is 18.5 Å². The molecular formula is C13H13F4N3O. The molecule has 1 aromatic carbocycles. The van der Waals surface area contributed by atoms with E-state index in [2.05, 4.69) is 15.3 Å². The zero-order valence-electron chi connectivity index (χ0n) is 11.1. The molecule has 0 unspecified atom stereocenters. The minimum absolute atomic E-state index is 0.156. The van der Waals surface area contributed by atoms with E-state index in [0.717, 1.165) is 0 Å². The Balaban J connectivity index is 2.33. The number of benzene rings is 1. The van der Waals surface area contributed by atoms with Crippen LogP contribution in [0, 0.1) is 0 Å². The number of nitrogens with zero attached hydrogens (tertiary/aromatic N) is 2. The minimum Gasteiger partial charge on any atom is -0.470 e. The van der Waals surface area contributed by atoms with E-state index in [4.69, 9.17) is 4.74 Å². The Hall–Kier alpha value is -2.12. The highest BCUT2D eigenvalue weighted by atomic mass is 19.3. The van der Waals surface area contributed by atoms with Gasteiger partial charge in [0.15, 0.2) is 6.61 Å². The summed E-state index contributed by atoms with van der Waals surface area (Å²) in [7, 11) is 0. The van der Waals surface area contributed by atoms with Gasteiger partial charge in [0.1, 0.15) is 0 Å². The standard InChI is InChI=1S/C13H13F4N3O/c1-2-18-12-19-9-6-4-3-5-8(9)10(20-12)21-7-13(16,17)11(14)15/h3-6,11H,2,7H2,1H3,(H,18,19,20). The molecular weight excluding hydrogens is 290 g/mol. The lowest BCUT2D eigenvalue weighted by Gasteiger charge is -2.16. The van der Waals surface area contributed by atoms with Crippen molar-refractivity contribution in [1.82, 2.24) is 9.97 Å². The van der Waals surface area contributed by atoms with Crippen LogP contribution in [0.4, 0.5) is 23.5 Å². The maximum atomic E-state index is 12.9. The summed E-state index contributed by atoms with van der Waals surface area (Å²) in [6.45, 7) is 0.881. The van der Waals surface area contributed by atoms with Gasteiger partial charge in [0.2, 0.25) is 11.8 Å². The Morgan fingerprint density at radius 3 is 2.62 bits per heavy atom. The second-order valence-electron chi connectivity index (χ2n) is 4.25. The number of alkyl halides is 4. The average Bonchev–Trinajstić information content (AvgIpc) is 2.45.